The highest BCUT2D eigenvalue weighted by molar-refractivity contribution is 5.27. The maximum absolute atomic E-state index is 5.82. The van der Waals surface area contributed by atoms with Crippen molar-refractivity contribution in [1.82, 2.24) is 0 Å². The first-order chi connectivity index (χ1) is 5.45. The SMILES string of the molecule is O1[C@@H]2C3[C@H]4O[C@@H]2C2[C@@H]1[C@@H]3O[C@H]24. The molecule has 0 aromatic rings. The summed E-state index contributed by atoms with van der Waals surface area (Å²) in [6.45, 7) is 0. The van der Waals surface area contributed by atoms with Crippen molar-refractivity contribution in [3.63, 3.8) is 0 Å². The van der Waals surface area contributed by atoms with Gasteiger partial charge >= 0.3 is 0 Å². The van der Waals surface area contributed by atoms with Gasteiger partial charge in [0.15, 0.2) is 0 Å². The Balaban J connectivity index is 1.94. The Morgan fingerprint density at radius 1 is 0.455 bits per heavy atom. The molecule has 6 fully saturated rings. The molecule has 3 nitrogen and oxygen atoms in total. The van der Waals surface area contributed by atoms with E-state index in [1.807, 2.05) is 0 Å². The largest absolute Gasteiger partial charge is 0.369 e. The van der Waals surface area contributed by atoms with E-state index in [-0.39, 0.29) is 0 Å². The molecular weight excluding hydrogens is 144 g/mol. The quantitative estimate of drug-likeness (QED) is 0.470. The summed E-state index contributed by atoms with van der Waals surface area (Å²) in [6.07, 6.45) is 2.49. The van der Waals surface area contributed by atoms with Crippen LogP contribution in [0.5, 0.6) is 0 Å². The highest BCUT2D eigenvalue weighted by atomic mass is 16.7. The Morgan fingerprint density at radius 2 is 0.727 bits per heavy atom. The molecule has 0 aromatic carbocycles. The van der Waals surface area contributed by atoms with Crippen LogP contribution in [0.25, 0.3) is 0 Å². The van der Waals surface area contributed by atoms with E-state index in [0.717, 1.165) is 0 Å². The molecule has 0 unspecified atom stereocenters. The molecule has 0 N–H and O–H groups in total. The third-order valence-electron chi connectivity index (χ3n) is 4.19. The van der Waals surface area contributed by atoms with Crippen LogP contribution in [0.2, 0.25) is 0 Å². The van der Waals surface area contributed by atoms with E-state index in [9.17, 15) is 0 Å². The van der Waals surface area contributed by atoms with Gasteiger partial charge in [0.2, 0.25) is 0 Å². The molecule has 0 spiro atoms. The average molecular weight is 152 g/mol. The lowest BCUT2D eigenvalue weighted by atomic mass is 9.71. The zero-order valence-electron chi connectivity index (χ0n) is 5.84. The minimum absolute atomic E-state index is 0.416. The number of hydrogen-bond donors (Lipinski definition) is 0. The summed E-state index contributed by atoms with van der Waals surface area (Å²) in [6, 6.07) is 0. The van der Waals surface area contributed by atoms with E-state index in [0.29, 0.717) is 48.5 Å². The van der Waals surface area contributed by atoms with Crippen molar-refractivity contribution < 1.29 is 14.2 Å². The summed E-state index contributed by atoms with van der Waals surface area (Å²) in [5.74, 6) is 1.22. The van der Waals surface area contributed by atoms with Crippen molar-refractivity contribution in [1.29, 1.82) is 0 Å². The number of ether oxygens (including phenoxy) is 3. The fourth-order valence-electron chi connectivity index (χ4n) is 3.99. The van der Waals surface area contributed by atoms with Crippen LogP contribution in [-0.4, -0.2) is 36.6 Å². The molecule has 0 radical (unpaired) electrons. The van der Waals surface area contributed by atoms with Gasteiger partial charge in [-0.1, -0.05) is 0 Å². The zero-order valence-corrected chi connectivity index (χ0v) is 5.84. The Labute approximate surface area is 63.6 Å². The second-order valence-electron chi connectivity index (χ2n) is 4.35. The minimum Gasteiger partial charge on any atom is -0.369 e. The Bertz CT molecular complexity index is 199. The lowest BCUT2D eigenvalue weighted by Crippen LogP contribution is -2.44. The number of rotatable bonds is 0. The fraction of sp³-hybridized carbons (Fsp3) is 1.00. The van der Waals surface area contributed by atoms with Crippen molar-refractivity contribution in [2.45, 2.75) is 36.6 Å². The first-order valence-corrected chi connectivity index (χ1v) is 4.41. The molecule has 58 valence electrons. The highest BCUT2D eigenvalue weighted by Gasteiger charge is 2.81. The molecule has 6 aliphatic rings. The van der Waals surface area contributed by atoms with Crippen molar-refractivity contribution in [3.05, 3.63) is 0 Å². The smallest absolute Gasteiger partial charge is 0.0926 e. The molecule has 0 aliphatic carbocycles. The Morgan fingerprint density at radius 3 is 1.00 bits per heavy atom. The summed E-state index contributed by atoms with van der Waals surface area (Å²) < 4.78 is 17.5. The summed E-state index contributed by atoms with van der Waals surface area (Å²) in [5.41, 5.74) is 0. The molecule has 0 amide bonds. The van der Waals surface area contributed by atoms with Crippen molar-refractivity contribution >= 4 is 0 Å². The van der Waals surface area contributed by atoms with Crippen molar-refractivity contribution in [2.24, 2.45) is 11.8 Å². The molecule has 6 heterocycles. The first-order valence-electron chi connectivity index (χ1n) is 4.41. The van der Waals surface area contributed by atoms with Crippen LogP contribution in [0.3, 0.4) is 0 Å². The second-order valence-corrected chi connectivity index (χ2v) is 4.35. The normalized spacial score (nSPS) is 85.1. The van der Waals surface area contributed by atoms with Crippen LogP contribution < -0.4 is 0 Å². The lowest BCUT2D eigenvalue weighted by Gasteiger charge is -2.23. The van der Waals surface area contributed by atoms with Crippen molar-refractivity contribution in [2.75, 3.05) is 0 Å². The maximum atomic E-state index is 5.82. The predicted octanol–water partition coefficient (Wildman–Crippen LogP) is -0.452. The maximum Gasteiger partial charge on any atom is 0.0926 e. The molecule has 6 rings (SSSR count). The van der Waals surface area contributed by atoms with Gasteiger partial charge in [0.25, 0.3) is 0 Å². The lowest BCUT2D eigenvalue weighted by molar-refractivity contribution is 0.0550. The molecule has 0 aromatic heterocycles. The van der Waals surface area contributed by atoms with Gasteiger partial charge in [-0.3, -0.25) is 0 Å². The monoisotopic (exact) mass is 152 g/mol. The zero-order chi connectivity index (χ0) is 6.74. The van der Waals surface area contributed by atoms with Gasteiger partial charge in [-0.25, -0.2) is 0 Å². The van der Waals surface area contributed by atoms with Gasteiger partial charge in [-0.05, 0) is 0 Å². The van der Waals surface area contributed by atoms with Gasteiger partial charge in [0, 0.05) is 11.8 Å². The van der Waals surface area contributed by atoms with Crippen LogP contribution in [0.1, 0.15) is 0 Å². The molecule has 6 saturated heterocycles. The van der Waals surface area contributed by atoms with Gasteiger partial charge in [-0.15, -0.1) is 0 Å². The molecule has 3 heteroatoms. The van der Waals surface area contributed by atoms with E-state index in [4.69, 9.17) is 14.2 Å². The van der Waals surface area contributed by atoms with Gasteiger partial charge in [0.05, 0.1) is 36.6 Å². The summed E-state index contributed by atoms with van der Waals surface area (Å²) in [4.78, 5) is 0. The van der Waals surface area contributed by atoms with Gasteiger partial charge in [-0.2, -0.15) is 0 Å². The Kier molecular flexibility index (Phi) is 0.470. The molecule has 11 heavy (non-hydrogen) atoms. The molecule has 6 atom stereocenters. The molecular formula is C8H8O3. The van der Waals surface area contributed by atoms with Crippen LogP contribution in [-0.2, 0) is 14.2 Å². The van der Waals surface area contributed by atoms with E-state index in [1.54, 1.807) is 0 Å². The second kappa shape index (κ2) is 1.08. The van der Waals surface area contributed by atoms with Crippen LogP contribution in [0.4, 0.5) is 0 Å². The van der Waals surface area contributed by atoms with E-state index in [2.05, 4.69) is 0 Å². The fourth-order valence-corrected chi connectivity index (χ4v) is 3.99. The van der Waals surface area contributed by atoms with E-state index < -0.39 is 0 Å². The third-order valence-corrected chi connectivity index (χ3v) is 4.19. The Hall–Kier alpha value is -0.120. The molecule has 0 saturated carbocycles. The molecule has 6 aliphatic heterocycles. The topological polar surface area (TPSA) is 27.7 Å². The first kappa shape index (κ1) is 4.80. The third kappa shape index (κ3) is 0.268. The summed E-state index contributed by atoms with van der Waals surface area (Å²) in [7, 11) is 0. The predicted molar refractivity (Wildman–Crippen MR) is 33.0 cm³/mol. The van der Waals surface area contributed by atoms with Gasteiger partial charge < -0.3 is 14.2 Å². The van der Waals surface area contributed by atoms with E-state index >= 15 is 0 Å². The van der Waals surface area contributed by atoms with Crippen molar-refractivity contribution in [3.8, 4) is 0 Å². The summed E-state index contributed by atoms with van der Waals surface area (Å²) >= 11 is 0. The standard InChI is InChI=1S/C8H8O3/c9-3-1-4-7(9)2-6(3)10-5(1)8(2)11-4/h1-8H/t1?,2?,3-,4-,5-,6-,7-,8-/m1/s1. The average Bonchev–Trinajstić information content (AvgIpc) is 2.56. The van der Waals surface area contributed by atoms with Gasteiger partial charge in [0.1, 0.15) is 0 Å². The van der Waals surface area contributed by atoms with E-state index in [1.165, 1.54) is 0 Å². The minimum atomic E-state index is 0.416. The van der Waals surface area contributed by atoms with Crippen LogP contribution >= 0.6 is 0 Å². The molecule has 6 bridgehead atoms. The summed E-state index contributed by atoms with van der Waals surface area (Å²) in [5, 5.41) is 0. The highest BCUT2D eigenvalue weighted by Crippen LogP contribution is 2.66. The van der Waals surface area contributed by atoms with Crippen LogP contribution in [0, 0.1) is 11.8 Å². The van der Waals surface area contributed by atoms with Crippen LogP contribution in [0.15, 0.2) is 0 Å². The number of hydrogen-bond acceptors (Lipinski definition) is 3.